The number of amides is 2. The molecule has 8 nitrogen and oxygen atoms in total. The molecule has 4 rings (SSSR count). The topological polar surface area (TPSA) is 93.5 Å². The number of carbonyl (C=O) groups is 3. The monoisotopic (exact) mass is 406 g/mol. The second kappa shape index (κ2) is 8.87. The third-order valence-corrected chi connectivity index (χ3v) is 5.08. The molecule has 0 atom stereocenters. The van der Waals surface area contributed by atoms with Crippen molar-refractivity contribution in [3.63, 3.8) is 0 Å². The molecule has 0 unspecified atom stereocenters. The van der Waals surface area contributed by atoms with Gasteiger partial charge in [0.25, 0.3) is 11.7 Å². The Kier molecular flexibility index (Phi) is 5.85. The van der Waals surface area contributed by atoms with Crippen molar-refractivity contribution in [3.05, 3.63) is 66.1 Å². The Morgan fingerprint density at radius 2 is 1.87 bits per heavy atom. The summed E-state index contributed by atoms with van der Waals surface area (Å²) in [5, 5.41) is 3.28. The molecule has 2 aromatic heterocycles. The zero-order valence-corrected chi connectivity index (χ0v) is 16.4. The van der Waals surface area contributed by atoms with E-state index in [4.69, 9.17) is 4.74 Å². The lowest BCUT2D eigenvalue weighted by Gasteiger charge is -2.27. The third-order valence-electron chi connectivity index (χ3n) is 5.08. The molecule has 3 aromatic rings. The minimum atomic E-state index is -0.693. The fraction of sp³-hybridized carbons (Fsp3) is 0.273. The Morgan fingerprint density at radius 1 is 1.07 bits per heavy atom. The van der Waals surface area contributed by atoms with Gasteiger partial charge in [-0.05, 0) is 17.7 Å². The van der Waals surface area contributed by atoms with Crippen LogP contribution in [0.3, 0.4) is 0 Å². The van der Waals surface area contributed by atoms with E-state index in [2.05, 4.69) is 10.3 Å². The average molecular weight is 406 g/mol. The van der Waals surface area contributed by atoms with Crippen LogP contribution in [-0.4, -0.2) is 58.4 Å². The first-order valence-electron chi connectivity index (χ1n) is 9.78. The van der Waals surface area contributed by atoms with Crippen LogP contribution in [-0.2, 0) is 27.4 Å². The van der Waals surface area contributed by atoms with Crippen molar-refractivity contribution in [2.24, 2.45) is 0 Å². The molecule has 0 aliphatic carbocycles. The molecular weight excluding hydrogens is 384 g/mol. The highest BCUT2D eigenvalue weighted by Gasteiger charge is 2.23. The molecule has 1 saturated heterocycles. The van der Waals surface area contributed by atoms with Crippen LogP contribution in [0.15, 0.2) is 55.0 Å². The molecule has 1 aliphatic rings. The molecule has 0 saturated carbocycles. The van der Waals surface area contributed by atoms with Gasteiger partial charge >= 0.3 is 0 Å². The van der Waals surface area contributed by atoms with Gasteiger partial charge in [0, 0.05) is 49.1 Å². The summed E-state index contributed by atoms with van der Waals surface area (Å²) in [6.45, 7) is 2.48. The lowest BCUT2D eigenvalue weighted by atomic mass is 10.1. The Morgan fingerprint density at radius 3 is 2.63 bits per heavy atom. The predicted molar refractivity (Wildman–Crippen MR) is 110 cm³/mol. The standard InChI is InChI=1S/C22H22N4O4/c27-20(25-8-10-30-11-9-25)15-26-14-18(17-5-1-2-6-19(17)26)21(28)22(29)24-13-16-4-3-7-23-12-16/h1-7,12,14H,8-11,13,15H2,(H,24,29). The van der Waals surface area contributed by atoms with E-state index >= 15 is 0 Å². The summed E-state index contributed by atoms with van der Waals surface area (Å²) in [7, 11) is 0. The molecule has 1 fully saturated rings. The number of Topliss-reactive ketones (excluding diaryl/α,β-unsaturated/α-hetero) is 1. The van der Waals surface area contributed by atoms with Crippen LogP contribution in [0.1, 0.15) is 15.9 Å². The molecule has 2 amide bonds. The van der Waals surface area contributed by atoms with E-state index in [1.807, 2.05) is 18.2 Å². The van der Waals surface area contributed by atoms with Gasteiger partial charge in [-0.15, -0.1) is 0 Å². The van der Waals surface area contributed by atoms with Crippen molar-refractivity contribution in [1.29, 1.82) is 0 Å². The fourth-order valence-corrected chi connectivity index (χ4v) is 3.50. The molecule has 0 bridgehead atoms. The normalized spacial score (nSPS) is 13.9. The summed E-state index contributed by atoms with van der Waals surface area (Å²) in [4.78, 5) is 43.7. The van der Waals surface area contributed by atoms with Crippen LogP contribution in [0.25, 0.3) is 10.9 Å². The van der Waals surface area contributed by atoms with Crippen molar-refractivity contribution in [3.8, 4) is 0 Å². The summed E-state index contributed by atoms with van der Waals surface area (Å²) < 4.78 is 7.02. The van der Waals surface area contributed by atoms with Crippen LogP contribution in [0.5, 0.6) is 0 Å². The number of aromatic nitrogens is 2. The van der Waals surface area contributed by atoms with Gasteiger partial charge in [-0.1, -0.05) is 24.3 Å². The molecular formula is C22H22N4O4. The first kappa shape index (κ1) is 19.8. The number of ketones is 1. The number of para-hydroxylation sites is 1. The lowest BCUT2D eigenvalue weighted by molar-refractivity contribution is -0.135. The van der Waals surface area contributed by atoms with E-state index in [0.29, 0.717) is 31.7 Å². The van der Waals surface area contributed by atoms with Gasteiger partial charge < -0.3 is 19.5 Å². The number of nitrogens with one attached hydrogen (secondary N) is 1. The molecule has 3 heterocycles. The number of hydrogen-bond donors (Lipinski definition) is 1. The van der Waals surface area contributed by atoms with Crippen LogP contribution >= 0.6 is 0 Å². The molecule has 8 heteroatoms. The van der Waals surface area contributed by atoms with Crippen molar-refractivity contribution in [2.45, 2.75) is 13.1 Å². The number of rotatable bonds is 6. The average Bonchev–Trinajstić information content (AvgIpc) is 3.16. The second-order valence-corrected chi connectivity index (χ2v) is 7.05. The Balaban J connectivity index is 1.53. The van der Waals surface area contributed by atoms with E-state index in [9.17, 15) is 14.4 Å². The van der Waals surface area contributed by atoms with E-state index in [-0.39, 0.29) is 24.6 Å². The first-order chi connectivity index (χ1) is 14.6. The summed E-state index contributed by atoms with van der Waals surface area (Å²) in [6.07, 6.45) is 4.87. The maximum atomic E-state index is 12.8. The smallest absolute Gasteiger partial charge is 0.292 e. The van der Waals surface area contributed by atoms with Crippen molar-refractivity contribution in [2.75, 3.05) is 26.3 Å². The number of pyridine rings is 1. The Bertz CT molecular complexity index is 1070. The first-order valence-corrected chi connectivity index (χ1v) is 9.78. The van der Waals surface area contributed by atoms with Crippen molar-refractivity contribution >= 4 is 28.5 Å². The largest absolute Gasteiger partial charge is 0.378 e. The third kappa shape index (κ3) is 4.23. The van der Waals surface area contributed by atoms with Gasteiger partial charge in [0.1, 0.15) is 6.54 Å². The maximum absolute atomic E-state index is 12.8. The van der Waals surface area contributed by atoms with Crippen molar-refractivity contribution in [1.82, 2.24) is 19.8 Å². The number of morpholine rings is 1. The minimum Gasteiger partial charge on any atom is -0.378 e. The molecule has 154 valence electrons. The summed E-state index contributed by atoms with van der Waals surface area (Å²) in [5.74, 6) is -1.37. The zero-order valence-electron chi connectivity index (χ0n) is 16.4. The zero-order chi connectivity index (χ0) is 20.9. The fourth-order valence-electron chi connectivity index (χ4n) is 3.50. The van der Waals surface area contributed by atoms with Crippen LogP contribution in [0.2, 0.25) is 0 Å². The van der Waals surface area contributed by atoms with Gasteiger partial charge in [-0.2, -0.15) is 0 Å². The van der Waals surface area contributed by atoms with E-state index in [1.165, 1.54) is 0 Å². The number of fused-ring (bicyclic) bond motifs is 1. The highest BCUT2D eigenvalue weighted by Crippen LogP contribution is 2.22. The van der Waals surface area contributed by atoms with Gasteiger partial charge in [-0.25, -0.2) is 0 Å². The van der Waals surface area contributed by atoms with Crippen molar-refractivity contribution < 1.29 is 19.1 Å². The minimum absolute atomic E-state index is 0.0425. The number of nitrogens with zero attached hydrogens (tertiary/aromatic N) is 3. The Labute approximate surface area is 173 Å². The summed E-state index contributed by atoms with van der Waals surface area (Å²) >= 11 is 0. The van der Waals surface area contributed by atoms with E-state index < -0.39 is 11.7 Å². The number of hydrogen-bond acceptors (Lipinski definition) is 5. The predicted octanol–water partition coefficient (Wildman–Crippen LogP) is 1.39. The van der Waals surface area contributed by atoms with Gasteiger partial charge in [-0.3, -0.25) is 19.4 Å². The van der Waals surface area contributed by atoms with Crippen LogP contribution < -0.4 is 5.32 Å². The van der Waals surface area contributed by atoms with Gasteiger partial charge in [0.2, 0.25) is 5.91 Å². The molecule has 1 aromatic carbocycles. The SMILES string of the molecule is O=C(NCc1cccnc1)C(=O)c1cn(CC(=O)N2CCOCC2)c2ccccc12. The number of carbonyl (C=O) groups excluding carboxylic acids is 3. The van der Waals surface area contributed by atoms with Gasteiger partial charge in [0.15, 0.2) is 0 Å². The quantitative estimate of drug-likeness (QED) is 0.493. The molecule has 30 heavy (non-hydrogen) atoms. The van der Waals surface area contributed by atoms with Crippen LogP contribution in [0, 0.1) is 0 Å². The lowest BCUT2D eigenvalue weighted by Crippen LogP contribution is -2.42. The molecule has 1 aliphatic heterocycles. The van der Waals surface area contributed by atoms with Crippen LogP contribution in [0.4, 0.5) is 0 Å². The second-order valence-electron chi connectivity index (χ2n) is 7.05. The van der Waals surface area contributed by atoms with E-state index in [0.717, 1.165) is 11.1 Å². The highest BCUT2D eigenvalue weighted by atomic mass is 16.5. The summed E-state index contributed by atoms with van der Waals surface area (Å²) in [5.41, 5.74) is 1.82. The molecule has 0 spiro atoms. The number of ether oxygens (including phenoxy) is 1. The van der Waals surface area contributed by atoms with E-state index in [1.54, 1.807) is 46.3 Å². The number of benzene rings is 1. The summed E-state index contributed by atoms with van der Waals surface area (Å²) in [6, 6.07) is 10.9. The highest BCUT2D eigenvalue weighted by molar-refractivity contribution is 6.45. The molecule has 1 N–H and O–H groups in total. The Hall–Kier alpha value is -3.52. The maximum Gasteiger partial charge on any atom is 0.292 e. The van der Waals surface area contributed by atoms with Gasteiger partial charge in [0.05, 0.1) is 18.8 Å². The molecule has 0 radical (unpaired) electrons.